The number of carbonyl (C=O) groups is 3. The van der Waals surface area contributed by atoms with Gasteiger partial charge in [-0.3, -0.25) is 15.4 Å². The van der Waals surface area contributed by atoms with Crippen LogP contribution in [0, 0.1) is 0 Å². The van der Waals surface area contributed by atoms with Crippen LogP contribution >= 0.6 is 11.8 Å². The number of rotatable bonds is 4. The van der Waals surface area contributed by atoms with Gasteiger partial charge in [0, 0.05) is 10.5 Å². The molecule has 2 aromatic rings. The van der Waals surface area contributed by atoms with Crippen molar-refractivity contribution in [3.63, 3.8) is 0 Å². The standard InChI is InChI=1S/C23H28N2O5S/c1-22(2,3)29-20(27)24-17-13-12-16(31-19(26)15-10-8-7-9-11-15)14-18(17)25-21(28)30-23(4,5)6/h7-14H,1-6H3,(H,24,27)(H,25,28). The van der Waals surface area contributed by atoms with Crippen molar-refractivity contribution in [2.75, 3.05) is 10.6 Å². The van der Waals surface area contributed by atoms with Crippen LogP contribution in [0.1, 0.15) is 51.9 Å². The third-order valence-corrected chi connectivity index (χ3v) is 4.39. The lowest BCUT2D eigenvalue weighted by molar-refractivity contribution is 0.0620. The van der Waals surface area contributed by atoms with Crippen molar-refractivity contribution in [3.8, 4) is 0 Å². The van der Waals surface area contributed by atoms with Gasteiger partial charge in [0.25, 0.3) is 0 Å². The second-order valence-corrected chi connectivity index (χ2v) is 9.76. The number of ether oxygens (including phenoxy) is 2. The predicted octanol–water partition coefficient (Wildman–Crippen LogP) is 6.31. The summed E-state index contributed by atoms with van der Waals surface area (Å²) in [5, 5.41) is 5.11. The molecule has 2 rings (SSSR count). The molecule has 0 bridgehead atoms. The average molecular weight is 445 g/mol. The van der Waals surface area contributed by atoms with Crippen LogP contribution in [-0.4, -0.2) is 28.5 Å². The SMILES string of the molecule is CC(C)(C)OC(=O)Nc1ccc(SC(=O)c2ccccc2)cc1NC(=O)OC(C)(C)C. The summed E-state index contributed by atoms with van der Waals surface area (Å²) in [6.07, 6.45) is -1.35. The van der Waals surface area contributed by atoms with E-state index in [1.165, 1.54) is 0 Å². The second-order valence-electron chi connectivity index (χ2n) is 8.72. The van der Waals surface area contributed by atoms with E-state index >= 15 is 0 Å². The van der Waals surface area contributed by atoms with Gasteiger partial charge < -0.3 is 9.47 Å². The lowest BCUT2D eigenvalue weighted by Crippen LogP contribution is -2.29. The van der Waals surface area contributed by atoms with Crippen molar-refractivity contribution in [2.45, 2.75) is 57.6 Å². The number of benzene rings is 2. The van der Waals surface area contributed by atoms with E-state index in [-0.39, 0.29) is 10.8 Å². The largest absolute Gasteiger partial charge is 0.444 e. The first-order chi connectivity index (χ1) is 14.3. The third kappa shape index (κ3) is 8.72. The zero-order valence-electron chi connectivity index (χ0n) is 18.6. The molecule has 166 valence electrons. The van der Waals surface area contributed by atoms with E-state index in [9.17, 15) is 14.4 Å². The van der Waals surface area contributed by atoms with Gasteiger partial charge in [-0.05, 0) is 71.5 Å². The molecule has 0 heterocycles. The number of thioether (sulfide) groups is 1. The predicted molar refractivity (Wildman–Crippen MR) is 123 cm³/mol. The fourth-order valence-electron chi connectivity index (χ4n) is 2.37. The Hall–Kier alpha value is -3.00. The van der Waals surface area contributed by atoms with Gasteiger partial charge in [-0.15, -0.1) is 0 Å². The Labute approximate surface area is 186 Å². The summed E-state index contributed by atoms with van der Waals surface area (Å²) in [4.78, 5) is 37.6. The summed E-state index contributed by atoms with van der Waals surface area (Å²) >= 11 is 1.01. The van der Waals surface area contributed by atoms with Crippen LogP contribution in [-0.2, 0) is 9.47 Å². The molecular weight excluding hydrogens is 416 g/mol. The van der Waals surface area contributed by atoms with E-state index in [0.717, 1.165) is 11.8 Å². The van der Waals surface area contributed by atoms with Crippen LogP contribution in [0.15, 0.2) is 53.4 Å². The number of hydrogen-bond donors (Lipinski definition) is 2. The maximum Gasteiger partial charge on any atom is 0.412 e. The molecule has 31 heavy (non-hydrogen) atoms. The minimum Gasteiger partial charge on any atom is -0.444 e. The monoisotopic (exact) mass is 444 g/mol. The molecule has 0 radical (unpaired) electrons. The molecule has 2 aromatic carbocycles. The van der Waals surface area contributed by atoms with Crippen molar-refractivity contribution < 1.29 is 23.9 Å². The number of anilines is 2. The molecular formula is C23H28N2O5S. The van der Waals surface area contributed by atoms with E-state index in [1.807, 2.05) is 6.07 Å². The molecule has 2 amide bonds. The van der Waals surface area contributed by atoms with Gasteiger partial charge in [-0.2, -0.15) is 0 Å². The first-order valence-corrected chi connectivity index (χ1v) is 10.6. The van der Waals surface area contributed by atoms with E-state index in [1.54, 1.807) is 84.0 Å². The molecule has 2 N–H and O–H groups in total. The summed E-state index contributed by atoms with van der Waals surface area (Å²) in [6, 6.07) is 13.7. The van der Waals surface area contributed by atoms with Crippen LogP contribution in [0.25, 0.3) is 0 Å². The van der Waals surface area contributed by atoms with Crippen molar-refractivity contribution in [1.82, 2.24) is 0 Å². The molecule has 0 unspecified atom stereocenters. The van der Waals surface area contributed by atoms with Crippen LogP contribution in [0.3, 0.4) is 0 Å². The minimum absolute atomic E-state index is 0.142. The molecule has 0 atom stereocenters. The minimum atomic E-state index is -0.696. The Kier molecular flexibility index (Phi) is 7.73. The molecule has 0 fully saturated rings. The summed E-state index contributed by atoms with van der Waals surface area (Å²) in [5.41, 5.74) is -0.216. The summed E-state index contributed by atoms with van der Waals surface area (Å²) in [6.45, 7) is 10.5. The summed E-state index contributed by atoms with van der Waals surface area (Å²) < 4.78 is 10.6. The van der Waals surface area contributed by atoms with Crippen molar-refractivity contribution in [2.24, 2.45) is 0 Å². The summed E-state index contributed by atoms with van der Waals surface area (Å²) in [7, 11) is 0. The van der Waals surface area contributed by atoms with E-state index in [0.29, 0.717) is 16.1 Å². The molecule has 0 spiro atoms. The van der Waals surface area contributed by atoms with Crippen LogP contribution in [0.2, 0.25) is 0 Å². The fourth-order valence-corrected chi connectivity index (χ4v) is 3.15. The van der Waals surface area contributed by atoms with Crippen LogP contribution in [0.5, 0.6) is 0 Å². The molecule has 0 aliphatic rings. The second kappa shape index (κ2) is 9.87. The molecule has 0 aliphatic heterocycles. The smallest absolute Gasteiger partial charge is 0.412 e. The van der Waals surface area contributed by atoms with E-state index in [2.05, 4.69) is 10.6 Å². The topological polar surface area (TPSA) is 93.7 Å². The maximum atomic E-state index is 12.5. The van der Waals surface area contributed by atoms with Gasteiger partial charge >= 0.3 is 12.2 Å². The maximum absolute atomic E-state index is 12.5. The Bertz CT molecular complexity index is 947. The highest BCUT2D eigenvalue weighted by Crippen LogP contribution is 2.31. The first kappa shape index (κ1) is 24.3. The van der Waals surface area contributed by atoms with Gasteiger partial charge in [0.1, 0.15) is 11.2 Å². The van der Waals surface area contributed by atoms with Crippen LogP contribution in [0.4, 0.5) is 21.0 Å². The van der Waals surface area contributed by atoms with Crippen molar-refractivity contribution in [3.05, 3.63) is 54.1 Å². The molecule has 0 saturated carbocycles. The Morgan fingerprint density at radius 2 is 1.26 bits per heavy atom. The van der Waals surface area contributed by atoms with Gasteiger partial charge in [0.2, 0.25) is 5.12 Å². The number of hydrogen-bond acceptors (Lipinski definition) is 6. The quantitative estimate of drug-likeness (QED) is 0.537. The van der Waals surface area contributed by atoms with Crippen LogP contribution < -0.4 is 10.6 Å². The van der Waals surface area contributed by atoms with E-state index in [4.69, 9.17) is 9.47 Å². The van der Waals surface area contributed by atoms with Gasteiger partial charge in [0.05, 0.1) is 11.4 Å². The Morgan fingerprint density at radius 3 is 1.77 bits per heavy atom. The number of carbonyl (C=O) groups excluding carboxylic acids is 3. The van der Waals surface area contributed by atoms with Crippen molar-refractivity contribution >= 4 is 40.4 Å². The Morgan fingerprint density at radius 1 is 0.742 bits per heavy atom. The Balaban J connectivity index is 2.26. The highest BCUT2D eigenvalue weighted by atomic mass is 32.2. The molecule has 0 aliphatic carbocycles. The molecule has 0 saturated heterocycles. The number of nitrogens with one attached hydrogen (secondary N) is 2. The molecule has 0 aromatic heterocycles. The zero-order valence-corrected chi connectivity index (χ0v) is 19.4. The summed E-state index contributed by atoms with van der Waals surface area (Å²) in [5.74, 6) is 0. The first-order valence-electron chi connectivity index (χ1n) is 9.74. The average Bonchev–Trinajstić information content (AvgIpc) is 2.61. The fraction of sp³-hybridized carbons (Fsp3) is 0.348. The molecule has 8 heteroatoms. The lowest BCUT2D eigenvalue weighted by atomic mass is 10.2. The highest BCUT2D eigenvalue weighted by Gasteiger charge is 2.21. The van der Waals surface area contributed by atoms with Gasteiger partial charge in [-0.25, -0.2) is 9.59 Å². The zero-order chi connectivity index (χ0) is 23.2. The van der Waals surface area contributed by atoms with Crippen molar-refractivity contribution in [1.29, 1.82) is 0 Å². The molecule has 7 nitrogen and oxygen atoms in total. The number of amides is 2. The normalized spacial score (nSPS) is 11.4. The lowest BCUT2D eigenvalue weighted by Gasteiger charge is -2.22. The van der Waals surface area contributed by atoms with E-state index < -0.39 is 23.4 Å². The van der Waals surface area contributed by atoms with Gasteiger partial charge in [-0.1, -0.05) is 30.3 Å². The third-order valence-electron chi connectivity index (χ3n) is 3.48. The highest BCUT2D eigenvalue weighted by molar-refractivity contribution is 8.14. The van der Waals surface area contributed by atoms with Gasteiger partial charge in [0.15, 0.2) is 0 Å².